The summed E-state index contributed by atoms with van der Waals surface area (Å²) in [6.45, 7) is 4.61. The molecule has 0 heterocycles. The Morgan fingerprint density at radius 2 is 1.63 bits per heavy atom. The fraction of sp³-hybridized carbons (Fsp3) is 0.208. The Bertz CT molecular complexity index is 1020. The molecule has 1 amide bonds. The summed E-state index contributed by atoms with van der Waals surface area (Å²) in [6.07, 6.45) is 0. The van der Waals surface area contributed by atoms with E-state index in [2.05, 4.69) is 42.7 Å². The molecule has 0 bridgehead atoms. The topological polar surface area (TPSA) is 59.6 Å². The van der Waals surface area contributed by atoms with Crippen LogP contribution in [0.15, 0.2) is 60.7 Å². The van der Waals surface area contributed by atoms with E-state index in [1.54, 1.807) is 13.2 Å². The first-order chi connectivity index (χ1) is 14.4. The normalized spacial score (nSPS) is 10.4. The molecule has 3 aromatic rings. The molecule has 0 radical (unpaired) electrons. The molecule has 0 aliphatic carbocycles. The van der Waals surface area contributed by atoms with Crippen LogP contribution in [0.25, 0.3) is 0 Å². The monoisotopic (exact) mass is 408 g/mol. The molecule has 0 aliphatic heterocycles. The molecule has 0 unspecified atom stereocenters. The molecule has 30 heavy (non-hydrogen) atoms. The van der Waals surface area contributed by atoms with Gasteiger partial charge in [-0.3, -0.25) is 4.79 Å². The van der Waals surface area contributed by atoms with Crippen LogP contribution in [0.4, 0.5) is 15.8 Å². The van der Waals surface area contributed by atoms with Crippen molar-refractivity contribution in [1.82, 2.24) is 0 Å². The summed E-state index contributed by atoms with van der Waals surface area (Å²) in [4.78, 5) is 12.1. The fourth-order valence-electron chi connectivity index (χ4n) is 2.87. The zero-order valence-corrected chi connectivity index (χ0v) is 17.3. The van der Waals surface area contributed by atoms with Crippen molar-refractivity contribution in [2.75, 3.05) is 24.4 Å². The van der Waals surface area contributed by atoms with E-state index in [1.165, 1.54) is 35.4 Å². The van der Waals surface area contributed by atoms with Gasteiger partial charge in [0.15, 0.2) is 18.1 Å². The van der Waals surface area contributed by atoms with Crippen LogP contribution in [0.3, 0.4) is 0 Å². The van der Waals surface area contributed by atoms with E-state index in [4.69, 9.17) is 9.47 Å². The zero-order chi connectivity index (χ0) is 21.5. The average Bonchev–Trinajstić information content (AvgIpc) is 2.75. The minimum Gasteiger partial charge on any atom is -0.493 e. The van der Waals surface area contributed by atoms with Crippen LogP contribution in [0.1, 0.15) is 16.7 Å². The molecule has 0 spiro atoms. The number of nitrogens with one attached hydrogen (secondary N) is 2. The van der Waals surface area contributed by atoms with Crippen LogP contribution in [-0.2, 0) is 11.3 Å². The van der Waals surface area contributed by atoms with Crippen molar-refractivity contribution in [3.8, 4) is 11.5 Å². The number of methoxy groups -OCH3 is 1. The molecule has 2 N–H and O–H groups in total. The third-order valence-electron chi connectivity index (χ3n) is 4.72. The lowest BCUT2D eigenvalue weighted by Crippen LogP contribution is -2.20. The maximum atomic E-state index is 12.9. The van der Waals surface area contributed by atoms with E-state index < -0.39 is 0 Å². The molecular formula is C24H25FN2O3. The van der Waals surface area contributed by atoms with Crippen molar-refractivity contribution in [3.05, 3.63) is 83.2 Å². The Morgan fingerprint density at radius 1 is 0.900 bits per heavy atom. The van der Waals surface area contributed by atoms with E-state index in [-0.39, 0.29) is 18.3 Å². The van der Waals surface area contributed by atoms with Gasteiger partial charge in [0.25, 0.3) is 5.91 Å². The minimum absolute atomic E-state index is 0.187. The summed E-state index contributed by atoms with van der Waals surface area (Å²) >= 11 is 0. The van der Waals surface area contributed by atoms with Crippen molar-refractivity contribution < 1.29 is 18.7 Å². The highest BCUT2D eigenvalue weighted by Gasteiger charge is 2.09. The van der Waals surface area contributed by atoms with E-state index in [0.717, 1.165) is 11.3 Å². The lowest BCUT2D eigenvalue weighted by molar-refractivity contribution is -0.118. The standard InChI is InChI=1S/C24H25FN2O3/c1-16-4-8-21(12-17(16)2)26-14-18-5-11-22(23(13-18)29-3)30-15-24(28)27-20-9-6-19(25)7-10-20/h4-13,26H,14-15H2,1-3H3,(H,27,28). The predicted octanol–water partition coefficient (Wildman–Crippen LogP) is 5.08. The molecule has 3 rings (SSSR count). The number of anilines is 2. The Labute approximate surface area is 175 Å². The summed E-state index contributed by atoms with van der Waals surface area (Å²) < 4.78 is 24.0. The third-order valence-corrected chi connectivity index (χ3v) is 4.72. The smallest absolute Gasteiger partial charge is 0.262 e. The molecule has 3 aromatic carbocycles. The highest BCUT2D eigenvalue weighted by atomic mass is 19.1. The predicted molar refractivity (Wildman–Crippen MR) is 117 cm³/mol. The highest BCUT2D eigenvalue weighted by molar-refractivity contribution is 5.91. The first kappa shape index (κ1) is 21.2. The number of benzene rings is 3. The molecule has 0 fully saturated rings. The molecule has 0 saturated carbocycles. The summed E-state index contributed by atoms with van der Waals surface area (Å²) in [7, 11) is 1.56. The number of hydrogen-bond donors (Lipinski definition) is 2. The van der Waals surface area contributed by atoms with E-state index in [9.17, 15) is 9.18 Å². The van der Waals surface area contributed by atoms with Crippen molar-refractivity contribution in [1.29, 1.82) is 0 Å². The fourth-order valence-corrected chi connectivity index (χ4v) is 2.87. The Hall–Kier alpha value is -3.54. The van der Waals surface area contributed by atoms with Crippen molar-refractivity contribution in [2.45, 2.75) is 20.4 Å². The van der Waals surface area contributed by atoms with Gasteiger partial charge in [-0.05, 0) is 79.1 Å². The maximum Gasteiger partial charge on any atom is 0.262 e. The van der Waals surface area contributed by atoms with Crippen molar-refractivity contribution in [2.24, 2.45) is 0 Å². The average molecular weight is 408 g/mol. The van der Waals surface area contributed by atoms with E-state index in [1.807, 2.05) is 12.1 Å². The number of halogens is 1. The number of carbonyl (C=O) groups excluding carboxylic acids is 1. The van der Waals surface area contributed by atoms with E-state index in [0.29, 0.717) is 23.7 Å². The van der Waals surface area contributed by atoms with Crippen LogP contribution in [0, 0.1) is 19.7 Å². The summed E-state index contributed by atoms with van der Waals surface area (Å²) in [5, 5.41) is 6.05. The summed E-state index contributed by atoms with van der Waals surface area (Å²) in [6, 6.07) is 17.4. The molecule has 0 atom stereocenters. The van der Waals surface area contributed by atoms with Crippen molar-refractivity contribution >= 4 is 17.3 Å². The van der Waals surface area contributed by atoms with Gasteiger partial charge >= 0.3 is 0 Å². The van der Waals surface area contributed by atoms with Gasteiger partial charge in [0.1, 0.15) is 5.82 Å². The van der Waals surface area contributed by atoms with Gasteiger partial charge < -0.3 is 20.1 Å². The van der Waals surface area contributed by atoms with Crippen LogP contribution < -0.4 is 20.1 Å². The lowest BCUT2D eigenvalue weighted by Gasteiger charge is -2.13. The quantitative estimate of drug-likeness (QED) is 0.546. The molecule has 0 saturated heterocycles. The number of ether oxygens (including phenoxy) is 2. The number of carbonyl (C=O) groups is 1. The van der Waals surface area contributed by atoms with Gasteiger partial charge in [0.2, 0.25) is 0 Å². The van der Waals surface area contributed by atoms with Gasteiger partial charge in [-0.15, -0.1) is 0 Å². The minimum atomic E-state index is -0.360. The molecule has 156 valence electrons. The van der Waals surface area contributed by atoms with Gasteiger partial charge in [0.05, 0.1) is 7.11 Å². The number of amides is 1. The Kier molecular flexibility index (Phi) is 6.91. The van der Waals surface area contributed by atoms with Crippen LogP contribution >= 0.6 is 0 Å². The van der Waals surface area contributed by atoms with Gasteiger partial charge in [-0.2, -0.15) is 0 Å². The molecule has 0 aliphatic rings. The maximum absolute atomic E-state index is 12.9. The number of aryl methyl sites for hydroxylation is 2. The summed E-state index contributed by atoms with van der Waals surface area (Å²) in [5.41, 5.74) is 5.07. The molecule has 5 nitrogen and oxygen atoms in total. The van der Waals surface area contributed by atoms with Gasteiger partial charge in [-0.25, -0.2) is 4.39 Å². The SMILES string of the molecule is COc1cc(CNc2ccc(C)c(C)c2)ccc1OCC(=O)Nc1ccc(F)cc1. The van der Waals surface area contributed by atoms with Crippen molar-refractivity contribution in [3.63, 3.8) is 0 Å². The van der Waals surface area contributed by atoms with Gasteiger partial charge in [0, 0.05) is 17.9 Å². The first-order valence-electron chi connectivity index (χ1n) is 9.61. The lowest BCUT2D eigenvalue weighted by atomic mass is 10.1. The van der Waals surface area contributed by atoms with Gasteiger partial charge in [-0.1, -0.05) is 12.1 Å². The largest absolute Gasteiger partial charge is 0.493 e. The summed E-state index contributed by atoms with van der Waals surface area (Å²) in [5.74, 6) is 0.316. The highest BCUT2D eigenvalue weighted by Crippen LogP contribution is 2.28. The van der Waals surface area contributed by atoms with Crippen LogP contribution in [0.5, 0.6) is 11.5 Å². The second-order valence-corrected chi connectivity index (χ2v) is 6.98. The Balaban J connectivity index is 1.57. The second kappa shape index (κ2) is 9.78. The molecular weight excluding hydrogens is 383 g/mol. The first-order valence-corrected chi connectivity index (χ1v) is 9.61. The zero-order valence-electron chi connectivity index (χ0n) is 17.3. The number of hydrogen-bond acceptors (Lipinski definition) is 4. The van der Waals surface area contributed by atoms with Crippen LogP contribution in [-0.4, -0.2) is 19.6 Å². The Morgan fingerprint density at radius 3 is 2.33 bits per heavy atom. The third kappa shape index (κ3) is 5.73. The second-order valence-electron chi connectivity index (χ2n) is 6.98. The van der Waals surface area contributed by atoms with Crippen LogP contribution in [0.2, 0.25) is 0 Å². The number of rotatable bonds is 8. The molecule has 6 heteroatoms. The van der Waals surface area contributed by atoms with E-state index >= 15 is 0 Å². The molecule has 0 aromatic heterocycles.